The number of carbonyl (C=O) groups excluding carboxylic acids is 1. The fourth-order valence-electron chi connectivity index (χ4n) is 6.05. The smallest absolute Gasteiger partial charge is 0.277 e. The van der Waals surface area contributed by atoms with Crippen molar-refractivity contribution in [3.05, 3.63) is 59.1 Å². The molecule has 5 aliphatic rings. The van der Waals surface area contributed by atoms with E-state index in [9.17, 15) is 15.0 Å². The first-order chi connectivity index (χ1) is 15.6. The number of aliphatic hydroxyl groups is 2. The van der Waals surface area contributed by atoms with E-state index in [-0.39, 0.29) is 29.6 Å². The highest BCUT2D eigenvalue weighted by atomic mass is 32.2. The van der Waals surface area contributed by atoms with Crippen molar-refractivity contribution >= 4 is 17.7 Å². The first-order valence-electron chi connectivity index (χ1n) is 11.6. The number of morpholine rings is 1. The molecule has 32 heavy (non-hydrogen) atoms. The van der Waals surface area contributed by atoms with Gasteiger partial charge in [0.25, 0.3) is 5.91 Å². The lowest BCUT2D eigenvalue weighted by molar-refractivity contribution is -0.199. The molecule has 1 aromatic carbocycles. The lowest BCUT2D eigenvalue weighted by Crippen LogP contribution is -2.68. The number of benzene rings is 1. The van der Waals surface area contributed by atoms with Gasteiger partial charge in [0.2, 0.25) is 0 Å². The van der Waals surface area contributed by atoms with Gasteiger partial charge in [0.15, 0.2) is 11.5 Å². The zero-order valence-corrected chi connectivity index (χ0v) is 18.8. The predicted molar refractivity (Wildman–Crippen MR) is 121 cm³/mol. The van der Waals surface area contributed by atoms with Crippen LogP contribution in [0.3, 0.4) is 0 Å². The molecule has 0 spiro atoms. The minimum absolute atomic E-state index is 0.0523. The van der Waals surface area contributed by atoms with E-state index in [1.165, 1.54) is 30.4 Å². The molecule has 7 nitrogen and oxygen atoms in total. The van der Waals surface area contributed by atoms with E-state index in [1.54, 1.807) is 12.3 Å². The zero-order chi connectivity index (χ0) is 21.8. The molecule has 4 heterocycles. The van der Waals surface area contributed by atoms with Crippen LogP contribution < -0.4 is 0 Å². The monoisotopic (exact) mass is 455 g/mol. The summed E-state index contributed by atoms with van der Waals surface area (Å²) < 4.78 is 5.87. The maximum atomic E-state index is 13.4. The highest BCUT2D eigenvalue weighted by Crippen LogP contribution is 2.51. The van der Waals surface area contributed by atoms with Crippen molar-refractivity contribution in [2.24, 2.45) is 5.92 Å². The topological polar surface area (TPSA) is 76.5 Å². The van der Waals surface area contributed by atoms with Gasteiger partial charge in [0.1, 0.15) is 12.3 Å². The average Bonchev–Trinajstić information content (AvgIpc) is 2.99. The Morgan fingerprint density at radius 2 is 2.00 bits per heavy atom. The Balaban J connectivity index is 1.53. The summed E-state index contributed by atoms with van der Waals surface area (Å²) in [4.78, 5) is 15.2. The maximum absolute atomic E-state index is 13.4. The molecule has 2 saturated heterocycles. The van der Waals surface area contributed by atoms with Crippen LogP contribution in [-0.2, 0) is 15.3 Å². The van der Waals surface area contributed by atoms with E-state index in [4.69, 9.17) is 4.74 Å². The largest absolute Gasteiger partial charge is 0.507 e. The third kappa shape index (κ3) is 3.11. The van der Waals surface area contributed by atoms with Crippen molar-refractivity contribution in [3.63, 3.8) is 0 Å². The number of amides is 1. The van der Waals surface area contributed by atoms with Crippen LogP contribution in [0.2, 0.25) is 0 Å². The first kappa shape index (κ1) is 20.6. The van der Waals surface area contributed by atoms with E-state index in [2.05, 4.69) is 41.0 Å². The van der Waals surface area contributed by atoms with Crippen LogP contribution in [0, 0.1) is 5.92 Å². The second-order valence-corrected chi connectivity index (χ2v) is 10.5. The van der Waals surface area contributed by atoms with Gasteiger partial charge in [0, 0.05) is 23.7 Å². The van der Waals surface area contributed by atoms with E-state index < -0.39 is 6.10 Å². The molecule has 5 atom stereocenters. The Labute approximate surface area is 192 Å². The number of fused-ring (bicyclic) bond motifs is 4. The summed E-state index contributed by atoms with van der Waals surface area (Å²) in [5, 5.41) is 25.7. The highest BCUT2D eigenvalue weighted by molar-refractivity contribution is 7.99. The summed E-state index contributed by atoms with van der Waals surface area (Å²) in [6.45, 7) is 1.38. The fraction of sp³-hybridized carbons (Fsp3) is 0.542. The highest BCUT2D eigenvalue weighted by Gasteiger charge is 2.52. The molecule has 1 saturated carbocycles. The van der Waals surface area contributed by atoms with E-state index in [1.807, 2.05) is 9.91 Å². The minimum Gasteiger partial charge on any atom is -0.507 e. The summed E-state index contributed by atoms with van der Waals surface area (Å²) in [6.07, 6.45) is 6.70. The second kappa shape index (κ2) is 8.09. The quantitative estimate of drug-likeness (QED) is 0.674. The van der Waals surface area contributed by atoms with Gasteiger partial charge < -0.3 is 19.8 Å². The summed E-state index contributed by atoms with van der Waals surface area (Å²) in [6, 6.07) is 8.72. The standard InChI is InChI=1S/C24H29N3O4S/c28-18-9-10-26-22(23(18)29)24(30)25-11-12-31-13-20(25)27(26)21-16-6-2-1-5-15(16)14-32-19-8-4-3-7-17(19)21/h1-2,5-6,9-10,17-21,28-29H,3-4,7-8,11-14H2. The number of hydrazine groups is 1. The van der Waals surface area contributed by atoms with Crippen molar-refractivity contribution in [3.8, 4) is 0 Å². The Hall–Kier alpha value is -2.00. The number of thioether (sulfide) groups is 1. The third-order valence-corrected chi connectivity index (χ3v) is 9.04. The number of nitrogens with zero attached hydrogens (tertiary/aromatic N) is 3. The number of hydrogen-bond donors (Lipinski definition) is 2. The molecule has 2 N–H and O–H groups in total. The number of ether oxygens (including phenoxy) is 1. The molecular formula is C24H29N3O4S. The van der Waals surface area contributed by atoms with Crippen LogP contribution in [0.1, 0.15) is 42.9 Å². The average molecular weight is 456 g/mol. The van der Waals surface area contributed by atoms with Gasteiger partial charge in [-0.2, -0.15) is 16.8 Å². The fourth-order valence-corrected chi connectivity index (χ4v) is 7.57. The summed E-state index contributed by atoms with van der Waals surface area (Å²) in [5.74, 6) is 0.905. The molecule has 8 heteroatoms. The van der Waals surface area contributed by atoms with Crippen molar-refractivity contribution in [1.29, 1.82) is 0 Å². The molecule has 0 bridgehead atoms. The van der Waals surface area contributed by atoms with Crippen molar-refractivity contribution in [1.82, 2.24) is 14.9 Å². The van der Waals surface area contributed by atoms with Crippen LogP contribution in [0.25, 0.3) is 0 Å². The van der Waals surface area contributed by atoms with Crippen molar-refractivity contribution in [2.75, 3.05) is 19.8 Å². The Kier molecular flexibility index (Phi) is 5.21. The summed E-state index contributed by atoms with van der Waals surface area (Å²) in [5.41, 5.74) is 2.81. The van der Waals surface area contributed by atoms with Gasteiger partial charge in [0.05, 0.1) is 19.3 Å². The maximum Gasteiger partial charge on any atom is 0.277 e. The molecule has 5 unspecified atom stereocenters. The summed E-state index contributed by atoms with van der Waals surface area (Å²) >= 11 is 2.06. The SMILES string of the molecule is O=C1C2=C(O)C(O)C=CN2N(C2c3ccccc3CSC3CCCCC32)C2COCCN12. The normalized spacial score (nSPS) is 35.0. The van der Waals surface area contributed by atoms with Crippen LogP contribution in [0.4, 0.5) is 0 Å². The van der Waals surface area contributed by atoms with Crippen LogP contribution in [-0.4, -0.2) is 68.3 Å². The molecule has 3 fully saturated rings. The van der Waals surface area contributed by atoms with Gasteiger partial charge >= 0.3 is 0 Å². The summed E-state index contributed by atoms with van der Waals surface area (Å²) in [7, 11) is 0. The number of rotatable bonds is 1. The third-order valence-electron chi connectivity index (χ3n) is 7.55. The Morgan fingerprint density at radius 3 is 2.91 bits per heavy atom. The molecular weight excluding hydrogens is 426 g/mol. The van der Waals surface area contributed by atoms with Crippen LogP contribution in [0.15, 0.2) is 48.0 Å². The lowest BCUT2D eigenvalue weighted by Gasteiger charge is -2.56. The van der Waals surface area contributed by atoms with Crippen molar-refractivity contribution in [2.45, 2.75) is 55.0 Å². The second-order valence-electron chi connectivity index (χ2n) is 9.24. The minimum atomic E-state index is -1.16. The van der Waals surface area contributed by atoms with Gasteiger partial charge in [-0.3, -0.25) is 9.80 Å². The Morgan fingerprint density at radius 1 is 1.16 bits per heavy atom. The van der Waals surface area contributed by atoms with Crippen molar-refractivity contribution < 1.29 is 19.7 Å². The number of carbonyl (C=O) groups is 1. The van der Waals surface area contributed by atoms with E-state index >= 15 is 0 Å². The molecule has 1 amide bonds. The van der Waals surface area contributed by atoms with Crippen LogP contribution >= 0.6 is 11.8 Å². The number of hydrogen-bond acceptors (Lipinski definition) is 7. The molecule has 6 rings (SSSR count). The van der Waals surface area contributed by atoms with Gasteiger partial charge in [-0.15, -0.1) is 0 Å². The van der Waals surface area contributed by atoms with E-state index in [0.29, 0.717) is 30.9 Å². The molecule has 4 aliphatic heterocycles. The molecule has 170 valence electrons. The number of aliphatic hydroxyl groups excluding tert-OH is 2. The molecule has 0 radical (unpaired) electrons. The first-order valence-corrected chi connectivity index (χ1v) is 12.6. The predicted octanol–water partition coefficient (Wildman–Crippen LogP) is 2.91. The van der Waals surface area contributed by atoms with Crippen LogP contribution in [0.5, 0.6) is 0 Å². The zero-order valence-electron chi connectivity index (χ0n) is 18.0. The van der Waals surface area contributed by atoms with Gasteiger partial charge in [-0.1, -0.05) is 37.1 Å². The molecule has 1 aliphatic carbocycles. The van der Waals surface area contributed by atoms with Gasteiger partial charge in [-0.05, 0) is 36.0 Å². The van der Waals surface area contributed by atoms with Gasteiger partial charge in [-0.25, -0.2) is 0 Å². The van der Waals surface area contributed by atoms with E-state index in [0.717, 1.165) is 12.2 Å². The Bertz CT molecular complexity index is 982. The lowest BCUT2D eigenvalue weighted by atomic mass is 9.79. The molecule has 1 aromatic rings. The molecule has 0 aromatic heterocycles.